The summed E-state index contributed by atoms with van der Waals surface area (Å²) >= 11 is 5.41. The van der Waals surface area contributed by atoms with E-state index in [1.807, 2.05) is 6.07 Å². The van der Waals surface area contributed by atoms with E-state index in [0.29, 0.717) is 11.4 Å². The first-order valence-corrected chi connectivity index (χ1v) is 6.75. The van der Waals surface area contributed by atoms with Crippen molar-refractivity contribution in [2.45, 2.75) is 0 Å². The molecule has 0 unspecified atom stereocenters. The average molecular weight is 420 g/mol. The van der Waals surface area contributed by atoms with Gasteiger partial charge in [0.2, 0.25) is 0 Å². The predicted octanol–water partition coefficient (Wildman–Crippen LogP) is 4.10. The van der Waals surface area contributed by atoms with Crippen LogP contribution < -0.4 is 0 Å². The summed E-state index contributed by atoms with van der Waals surface area (Å²) in [7, 11) is 0. The summed E-state index contributed by atoms with van der Waals surface area (Å²) in [6, 6.07) is 8.12. The Labute approximate surface area is 125 Å². The van der Waals surface area contributed by atoms with Gasteiger partial charge in [-0.15, -0.1) is 0 Å². The Morgan fingerprint density at radius 2 is 2.06 bits per heavy atom. The second kappa shape index (κ2) is 5.66. The lowest BCUT2D eigenvalue weighted by molar-refractivity contribution is 0.0697. The summed E-state index contributed by atoms with van der Waals surface area (Å²) < 4.78 is 7.03. The van der Waals surface area contributed by atoms with Crippen molar-refractivity contribution in [3.63, 3.8) is 0 Å². The standard InChI is InChI=1S/C12H7BrINO3/c13-10-5-9(18-11(10)14)6-15-8-3-1-7(2-4-8)12(16)17/h1-6H,(H,16,17). The number of hydrogen-bond acceptors (Lipinski definition) is 3. The van der Waals surface area contributed by atoms with Crippen LogP contribution in [0.1, 0.15) is 16.1 Å². The van der Waals surface area contributed by atoms with E-state index in [1.54, 1.807) is 18.3 Å². The van der Waals surface area contributed by atoms with Gasteiger partial charge < -0.3 is 9.52 Å². The molecule has 1 heterocycles. The maximum absolute atomic E-state index is 10.7. The van der Waals surface area contributed by atoms with Crippen LogP contribution in [0.2, 0.25) is 0 Å². The number of aromatic carboxylic acids is 1. The normalized spacial score (nSPS) is 11.0. The van der Waals surface area contributed by atoms with Gasteiger partial charge in [-0.25, -0.2) is 4.79 Å². The minimum Gasteiger partial charge on any atom is -0.478 e. The van der Waals surface area contributed by atoms with E-state index in [0.717, 1.165) is 8.24 Å². The van der Waals surface area contributed by atoms with Crippen molar-refractivity contribution in [1.82, 2.24) is 0 Å². The third-order valence-corrected chi connectivity index (χ3v) is 4.25. The second-order valence-electron chi connectivity index (χ2n) is 3.38. The highest BCUT2D eigenvalue weighted by Crippen LogP contribution is 2.22. The Morgan fingerprint density at radius 1 is 1.39 bits per heavy atom. The molecule has 18 heavy (non-hydrogen) atoms. The Morgan fingerprint density at radius 3 is 2.56 bits per heavy atom. The Bertz CT molecular complexity index is 585. The second-order valence-corrected chi connectivity index (χ2v) is 5.21. The smallest absolute Gasteiger partial charge is 0.335 e. The maximum atomic E-state index is 10.7. The van der Waals surface area contributed by atoms with Gasteiger partial charge in [-0.1, -0.05) is 0 Å². The molecule has 0 bridgehead atoms. The molecule has 0 saturated heterocycles. The van der Waals surface area contributed by atoms with Crippen molar-refractivity contribution in [2.75, 3.05) is 0 Å². The molecule has 0 atom stereocenters. The van der Waals surface area contributed by atoms with E-state index in [9.17, 15) is 4.79 Å². The molecule has 4 nitrogen and oxygen atoms in total. The van der Waals surface area contributed by atoms with Gasteiger partial charge in [-0.3, -0.25) is 4.99 Å². The highest BCUT2D eigenvalue weighted by molar-refractivity contribution is 14.1. The van der Waals surface area contributed by atoms with Gasteiger partial charge in [0.25, 0.3) is 0 Å². The van der Waals surface area contributed by atoms with Crippen LogP contribution in [0, 0.1) is 3.77 Å². The van der Waals surface area contributed by atoms with E-state index in [4.69, 9.17) is 9.52 Å². The molecular formula is C12H7BrINO3. The number of carboxylic acids is 1. The molecule has 6 heteroatoms. The van der Waals surface area contributed by atoms with Crippen LogP contribution in [0.3, 0.4) is 0 Å². The number of carbonyl (C=O) groups is 1. The summed E-state index contributed by atoms with van der Waals surface area (Å²) in [6.07, 6.45) is 1.59. The number of hydrogen-bond donors (Lipinski definition) is 1. The molecule has 0 spiro atoms. The van der Waals surface area contributed by atoms with Crippen LogP contribution in [0.5, 0.6) is 0 Å². The lowest BCUT2D eigenvalue weighted by atomic mass is 10.2. The molecule has 0 fully saturated rings. The third-order valence-electron chi connectivity index (χ3n) is 2.12. The summed E-state index contributed by atoms with van der Waals surface area (Å²) in [5, 5.41) is 8.76. The van der Waals surface area contributed by atoms with Crippen molar-refractivity contribution in [3.8, 4) is 0 Å². The molecule has 0 aliphatic carbocycles. The lowest BCUT2D eigenvalue weighted by Crippen LogP contribution is -1.94. The maximum Gasteiger partial charge on any atom is 0.335 e. The zero-order valence-corrected chi connectivity index (χ0v) is 12.7. The van der Waals surface area contributed by atoms with Gasteiger partial charge in [0.15, 0.2) is 3.77 Å². The fraction of sp³-hybridized carbons (Fsp3) is 0. The number of benzene rings is 1. The van der Waals surface area contributed by atoms with Gasteiger partial charge >= 0.3 is 5.97 Å². The van der Waals surface area contributed by atoms with Gasteiger partial charge in [0, 0.05) is 28.7 Å². The molecule has 1 N–H and O–H groups in total. The minimum atomic E-state index is -0.949. The van der Waals surface area contributed by atoms with Crippen molar-refractivity contribution >= 4 is 56.4 Å². The van der Waals surface area contributed by atoms with E-state index in [-0.39, 0.29) is 5.56 Å². The molecule has 2 aromatic rings. The molecule has 0 aliphatic heterocycles. The summed E-state index contributed by atoms with van der Waals surface area (Å²) in [6.45, 7) is 0. The fourth-order valence-corrected chi connectivity index (χ4v) is 1.97. The first-order chi connectivity index (χ1) is 8.56. The zero-order valence-electron chi connectivity index (χ0n) is 8.93. The lowest BCUT2D eigenvalue weighted by Gasteiger charge is -1.94. The van der Waals surface area contributed by atoms with Crippen molar-refractivity contribution in [3.05, 3.63) is 49.9 Å². The average Bonchev–Trinajstić information content (AvgIpc) is 2.67. The molecule has 0 radical (unpaired) electrons. The van der Waals surface area contributed by atoms with E-state index in [2.05, 4.69) is 43.5 Å². The van der Waals surface area contributed by atoms with E-state index < -0.39 is 5.97 Å². The van der Waals surface area contributed by atoms with E-state index >= 15 is 0 Å². The Hall–Kier alpha value is -1.15. The number of carboxylic acid groups (broad SMARTS) is 1. The first kappa shape index (κ1) is 13.3. The van der Waals surface area contributed by atoms with Crippen molar-refractivity contribution < 1.29 is 14.3 Å². The molecule has 2 rings (SSSR count). The molecule has 0 amide bonds. The highest BCUT2D eigenvalue weighted by atomic mass is 127. The van der Waals surface area contributed by atoms with Gasteiger partial charge in [0.05, 0.1) is 21.9 Å². The molecule has 0 saturated carbocycles. The van der Waals surface area contributed by atoms with Crippen LogP contribution in [0.25, 0.3) is 0 Å². The summed E-state index contributed by atoms with van der Waals surface area (Å²) in [4.78, 5) is 14.9. The van der Waals surface area contributed by atoms with Crippen molar-refractivity contribution in [1.29, 1.82) is 0 Å². The molecular weight excluding hydrogens is 413 g/mol. The quantitative estimate of drug-likeness (QED) is 0.601. The fourth-order valence-electron chi connectivity index (χ4n) is 1.26. The summed E-state index contributed by atoms with van der Waals surface area (Å²) in [5.74, 6) is -0.316. The predicted molar refractivity (Wildman–Crippen MR) is 79.8 cm³/mol. The largest absolute Gasteiger partial charge is 0.478 e. The molecule has 1 aromatic carbocycles. The number of nitrogens with zero attached hydrogens (tertiary/aromatic N) is 1. The molecule has 0 aliphatic rings. The van der Waals surface area contributed by atoms with Crippen LogP contribution in [0.15, 0.2) is 44.2 Å². The van der Waals surface area contributed by atoms with Gasteiger partial charge in [-0.05, 0) is 40.2 Å². The number of furan rings is 1. The third kappa shape index (κ3) is 3.20. The first-order valence-electron chi connectivity index (χ1n) is 4.88. The van der Waals surface area contributed by atoms with Crippen molar-refractivity contribution in [2.24, 2.45) is 4.99 Å². The highest BCUT2D eigenvalue weighted by Gasteiger charge is 2.04. The monoisotopic (exact) mass is 419 g/mol. The number of halogens is 2. The number of rotatable bonds is 3. The Kier molecular flexibility index (Phi) is 4.18. The minimum absolute atomic E-state index is 0.240. The topological polar surface area (TPSA) is 62.8 Å². The van der Waals surface area contributed by atoms with Crippen LogP contribution in [0.4, 0.5) is 5.69 Å². The van der Waals surface area contributed by atoms with Gasteiger partial charge in [0.1, 0.15) is 5.76 Å². The van der Waals surface area contributed by atoms with Crippen LogP contribution in [-0.4, -0.2) is 17.3 Å². The van der Waals surface area contributed by atoms with Crippen LogP contribution >= 0.6 is 38.5 Å². The molecule has 92 valence electrons. The molecule has 1 aromatic heterocycles. The summed E-state index contributed by atoms with van der Waals surface area (Å²) in [5.41, 5.74) is 0.909. The van der Waals surface area contributed by atoms with Crippen LogP contribution in [-0.2, 0) is 0 Å². The van der Waals surface area contributed by atoms with Gasteiger partial charge in [-0.2, -0.15) is 0 Å². The number of aliphatic imine (C=N–C) groups is 1. The van der Waals surface area contributed by atoms with E-state index in [1.165, 1.54) is 12.1 Å². The Balaban J connectivity index is 2.16. The zero-order chi connectivity index (χ0) is 13.1. The SMILES string of the molecule is O=C(O)c1ccc(N=Cc2cc(Br)c(I)o2)cc1.